The van der Waals surface area contributed by atoms with Crippen LogP contribution < -0.4 is 5.32 Å². The van der Waals surface area contributed by atoms with Crippen molar-refractivity contribution in [2.45, 2.75) is 86.2 Å². The Kier molecular flexibility index (Phi) is 8.23. The van der Waals surface area contributed by atoms with Crippen molar-refractivity contribution in [3.63, 3.8) is 0 Å². The minimum atomic E-state index is 0.210. The molecule has 0 aliphatic rings. The lowest BCUT2D eigenvalue weighted by Gasteiger charge is -2.38. The molecule has 0 aromatic carbocycles. The van der Waals surface area contributed by atoms with E-state index in [9.17, 15) is 0 Å². The summed E-state index contributed by atoms with van der Waals surface area (Å²) < 4.78 is 0. The van der Waals surface area contributed by atoms with Gasteiger partial charge in [0.15, 0.2) is 0 Å². The van der Waals surface area contributed by atoms with Crippen molar-refractivity contribution in [2.75, 3.05) is 19.6 Å². The van der Waals surface area contributed by atoms with Crippen molar-refractivity contribution in [3.8, 4) is 0 Å². The summed E-state index contributed by atoms with van der Waals surface area (Å²) in [6.07, 6.45) is 3.84. The third-order valence-corrected chi connectivity index (χ3v) is 3.74. The van der Waals surface area contributed by atoms with Crippen LogP contribution in [0.1, 0.15) is 74.7 Å². The molecule has 0 aromatic rings. The van der Waals surface area contributed by atoms with Crippen molar-refractivity contribution >= 4 is 0 Å². The van der Waals surface area contributed by atoms with Gasteiger partial charge in [0.05, 0.1) is 0 Å². The molecular weight excluding hydrogens is 232 g/mol. The van der Waals surface area contributed by atoms with Crippen LogP contribution in [0.4, 0.5) is 0 Å². The predicted molar refractivity (Wildman–Crippen MR) is 87.8 cm³/mol. The lowest BCUT2D eigenvalue weighted by Crippen LogP contribution is -2.48. The molecule has 116 valence electrons. The van der Waals surface area contributed by atoms with Gasteiger partial charge in [-0.25, -0.2) is 0 Å². The van der Waals surface area contributed by atoms with Gasteiger partial charge in [0.2, 0.25) is 0 Å². The number of nitrogens with zero attached hydrogens (tertiary/aromatic N) is 1. The Hall–Kier alpha value is -0.0800. The van der Waals surface area contributed by atoms with Crippen LogP contribution in [0.5, 0.6) is 0 Å². The number of nitrogens with one attached hydrogen (secondary N) is 1. The summed E-state index contributed by atoms with van der Waals surface area (Å²) in [6.45, 7) is 21.9. The average molecular weight is 271 g/mol. The first-order valence-corrected chi connectivity index (χ1v) is 8.10. The molecule has 0 aromatic heterocycles. The number of hydrogen-bond donors (Lipinski definition) is 1. The van der Waals surface area contributed by atoms with E-state index < -0.39 is 0 Å². The van der Waals surface area contributed by atoms with Gasteiger partial charge in [-0.05, 0) is 52.5 Å². The van der Waals surface area contributed by atoms with Crippen LogP contribution in [0, 0.1) is 5.41 Å². The maximum atomic E-state index is 3.65. The summed E-state index contributed by atoms with van der Waals surface area (Å²) in [5.41, 5.74) is 0.534. The first kappa shape index (κ1) is 18.9. The molecule has 0 bridgehead atoms. The highest BCUT2D eigenvalue weighted by molar-refractivity contribution is 4.82. The molecule has 0 radical (unpaired) electrons. The fourth-order valence-corrected chi connectivity index (χ4v) is 2.18. The Morgan fingerprint density at radius 1 is 1.05 bits per heavy atom. The summed E-state index contributed by atoms with van der Waals surface area (Å²) in [6, 6.07) is 0.695. The second kappa shape index (κ2) is 8.26. The van der Waals surface area contributed by atoms with Crippen molar-refractivity contribution in [1.82, 2.24) is 10.2 Å². The van der Waals surface area contributed by atoms with Crippen molar-refractivity contribution < 1.29 is 0 Å². The number of hydrogen-bond acceptors (Lipinski definition) is 2. The van der Waals surface area contributed by atoms with Gasteiger partial charge in [-0.3, -0.25) is 0 Å². The quantitative estimate of drug-likeness (QED) is 0.672. The molecule has 1 N–H and O–H groups in total. The van der Waals surface area contributed by atoms with Crippen molar-refractivity contribution in [3.05, 3.63) is 0 Å². The van der Waals surface area contributed by atoms with Crippen LogP contribution in [0.2, 0.25) is 0 Å². The third kappa shape index (κ3) is 9.45. The highest BCUT2D eigenvalue weighted by Crippen LogP contribution is 2.20. The highest BCUT2D eigenvalue weighted by Gasteiger charge is 2.25. The van der Waals surface area contributed by atoms with Gasteiger partial charge in [-0.15, -0.1) is 0 Å². The molecule has 0 amide bonds. The normalized spacial score (nSPS) is 15.0. The van der Waals surface area contributed by atoms with Gasteiger partial charge in [-0.2, -0.15) is 0 Å². The molecule has 2 nitrogen and oxygen atoms in total. The Balaban J connectivity index is 4.44. The van der Waals surface area contributed by atoms with Crippen LogP contribution >= 0.6 is 0 Å². The van der Waals surface area contributed by atoms with E-state index >= 15 is 0 Å². The highest BCUT2D eigenvalue weighted by atomic mass is 15.2. The van der Waals surface area contributed by atoms with Crippen molar-refractivity contribution in [2.24, 2.45) is 5.41 Å². The van der Waals surface area contributed by atoms with Gasteiger partial charge in [-0.1, -0.05) is 34.1 Å². The minimum absolute atomic E-state index is 0.210. The monoisotopic (exact) mass is 270 g/mol. The minimum Gasteiger partial charge on any atom is -0.311 e. The fraction of sp³-hybridized carbons (Fsp3) is 1.00. The van der Waals surface area contributed by atoms with E-state index in [-0.39, 0.29) is 5.54 Å². The molecule has 0 fully saturated rings. The van der Waals surface area contributed by atoms with Crippen LogP contribution in [-0.4, -0.2) is 36.1 Å². The van der Waals surface area contributed by atoms with Gasteiger partial charge in [0, 0.05) is 24.7 Å². The number of unbranched alkanes of at least 4 members (excludes halogenated alkanes) is 1. The zero-order valence-corrected chi connectivity index (χ0v) is 14.8. The molecule has 0 spiro atoms. The van der Waals surface area contributed by atoms with Crippen LogP contribution in [0.15, 0.2) is 0 Å². The molecule has 1 atom stereocenters. The Labute approximate surface area is 122 Å². The van der Waals surface area contributed by atoms with Gasteiger partial charge in [0.25, 0.3) is 0 Å². The first-order valence-electron chi connectivity index (χ1n) is 8.10. The Morgan fingerprint density at radius 2 is 1.63 bits per heavy atom. The maximum absolute atomic E-state index is 3.65. The Morgan fingerprint density at radius 3 is 2.05 bits per heavy atom. The van der Waals surface area contributed by atoms with Crippen LogP contribution in [0.3, 0.4) is 0 Å². The van der Waals surface area contributed by atoms with E-state index in [4.69, 9.17) is 0 Å². The molecule has 0 aliphatic carbocycles. The SMILES string of the molecule is CCCCN(CC(C)(C)CNC(C)(C)C)C(C)CC. The summed E-state index contributed by atoms with van der Waals surface area (Å²) in [7, 11) is 0. The molecule has 19 heavy (non-hydrogen) atoms. The first-order chi connectivity index (χ1) is 8.61. The zero-order valence-electron chi connectivity index (χ0n) is 14.8. The maximum Gasteiger partial charge on any atom is 0.00967 e. The summed E-state index contributed by atoms with van der Waals surface area (Å²) >= 11 is 0. The van der Waals surface area contributed by atoms with E-state index in [1.807, 2.05) is 0 Å². The lowest BCUT2D eigenvalue weighted by atomic mass is 9.90. The zero-order chi connectivity index (χ0) is 15.1. The third-order valence-electron chi connectivity index (χ3n) is 3.74. The summed E-state index contributed by atoms with van der Waals surface area (Å²) in [5, 5.41) is 3.65. The van der Waals surface area contributed by atoms with Gasteiger partial charge >= 0.3 is 0 Å². The summed E-state index contributed by atoms with van der Waals surface area (Å²) in [5.74, 6) is 0. The Bertz CT molecular complexity index is 228. The molecule has 0 aliphatic heterocycles. The van der Waals surface area contributed by atoms with Gasteiger partial charge < -0.3 is 10.2 Å². The van der Waals surface area contributed by atoms with E-state index in [1.165, 1.54) is 32.4 Å². The standard InChI is InChI=1S/C17H38N2/c1-9-11-12-19(15(3)10-2)14-17(7,8)13-18-16(4,5)6/h15,18H,9-14H2,1-8H3. The largest absolute Gasteiger partial charge is 0.311 e. The van der Waals surface area contributed by atoms with E-state index in [1.54, 1.807) is 0 Å². The second-order valence-electron chi connectivity index (χ2n) is 7.85. The fourth-order valence-electron chi connectivity index (χ4n) is 2.18. The number of rotatable bonds is 9. The van der Waals surface area contributed by atoms with E-state index in [2.05, 4.69) is 65.6 Å². The topological polar surface area (TPSA) is 15.3 Å². The van der Waals surface area contributed by atoms with Gasteiger partial charge in [0.1, 0.15) is 0 Å². The summed E-state index contributed by atoms with van der Waals surface area (Å²) in [4.78, 5) is 2.67. The predicted octanol–water partition coefficient (Wildman–Crippen LogP) is 4.30. The molecule has 0 rings (SSSR count). The lowest BCUT2D eigenvalue weighted by molar-refractivity contribution is 0.125. The molecule has 1 unspecified atom stereocenters. The average Bonchev–Trinajstić information content (AvgIpc) is 2.30. The molecule has 2 heteroatoms. The molecule has 0 saturated carbocycles. The van der Waals surface area contributed by atoms with E-state index in [0.717, 1.165) is 6.54 Å². The molecular formula is C17H38N2. The van der Waals surface area contributed by atoms with Crippen LogP contribution in [-0.2, 0) is 0 Å². The molecule has 0 saturated heterocycles. The molecule has 0 heterocycles. The van der Waals surface area contributed by atoms with E-state index in [0.29, 0.717) is 11.5 Å². The smallest absolute Gasteiger partial charge is 0.00967 e. The van der Waals surface area contributed by atoms with Crippen LogP contribution in [0.25, 0.3) is 0 Å². The second-order valence-corrected chi connectivity index (χ2v) is 7.85. The van der Waals surface area contributed by atoms with Crippen molar-refractivity contribution in [1.29, 1.82) is 0 Å².